The number of rotatable bonds is 3. The summed E-state index contributed by atoms with van der Waals surface area (Å²) in [5, 5.41) is 13.5. The Morgan fingerprint density at radius 2 is 1.76 bits per heavy atom. The third kappa shape index (κ3) is 3.31. The van der Waals surface area contributed by atoms with E-state index in [1.54, 1.807) is 0 Å². The minimum Gasteiger partial charge on any atom is -0.365 e. The van der Waals surface area contributed by atoms with E-state index in [4.69, 9.17) is 5.10 Å². The van der Waals surface area contributed by atoms with E-state index in [2.05, 4.69) is 58.1 Å². The second-order valence-electron chi connectivity index (χ2n) is 7.68. The molecule has 0 amide bonds. The standard InChI is InChI=1S/C23H24N6/c1-17-7-6-10-20(15-17)28-14-13-27(16-18(28)2)22-12-11-21-24-25-23(29(21)26-22)19-8-4-3-5-9-19/h3-12,15,18H,13-14,16H2,1-2H3/t18-/m0/s1. The highest BCUT2D eigenvalue weighted by Gasteiger charge is 2.25. The van der Waals surface area contributed by atoms with Gasteiger partial charge in [-0.15, -0.1) is 15.3 Å². The lowest BCUT2D eigenvalue weighted by molar-refractivity contribution is 0.545. The number of fused-ring (bicyclic) bond motifs is 1. The molecule has 4 aromatic rings. The average Bonchev–Trinajstić information content (AvgIpc) is 3.17. The van der Waals surface area contributed by atoms with Crippen molar-refractivity contribution in [3.05, 3.63) is 72.3 Å². The van der Waals surface area contributed by atoms with Gasteiger partial charge in [-0.05, 0) is 43.7 Å². The van der Waals surface area contributed by atoms with Crippen molar-refractivity contribution >= 4 is 17.2 Å². The van der Waals surface area contributed by atoms with E-state index in [1.807, 2.05) is 47.0 Å². The summed E-state index contributed by atoms with van der Waals surface area (Å²) in [7, 11) is 0. The molecule has 0 bridgehead atoms. The number of anilines is 2. The van der Waals surface area contributed by atoms with Crippen LogP contribution in [0.4, 0.5) is 11.5 Å². The lowest BCUT2D eigenvalue weighted by atomic mass is 10.1. The summed E-state index contributed by atoms with van der Waals surface area (Å²) in [5.41, 5.74) is 4.37. The molecule has 1 aliphatic rings. The Balaban J connectivity index is 1.42. The summed E-state index contributed by atoms with van der Waals surface area (Å²) >= 11 is 0. The predicted molar refractivity (Wildman–Crippen MR) is 116 cm³/mol. The first-order valence-corrected chi connectivity index (χ1v) is 10.1. The number of hydrogen-bond donors (Lipinski definition) is 0. The summed E-state index contributed by atoms with van der Waals surface area (Å²) in [6, 6.07) is 23.3. The number of hydrogen-bond acceptors (Lipinski definition) is 5. The maximum atomic E-state index is 4.88. The summed E-state index contributed by atoms with van der Waals surface area (Å²) in [6.45, 7) is 7.25. The maximum Gasteiger partial charge on any atom is 0.185 e. The van der Waals surface area contributed by atoms with Crippen molar-refractivity contribution in [2.45, 2.75) is 19.9 Å². The van der Waals surface area contributed by atoms with Crippen LogP contribution in [0.25, 0.3) is 17.0 Å². The van der Waals surface area contributed by atoms with Gasteiger partial charge in [0.1, 0.15) is 5.82 Å². The van der Waals surface area contributed by atoms with E-state index in [1.165, 1.54) is 11.3 Å². The number of aromatic nitrogens is 4. The van der Waals surface area contributed by atoms with Gasteiger partial charge in [-0.25, -0.2) is 0 Å². The summed E-state index contributed by atoms with van der Waals surface area (Å²) in [6.07, 6.45) is 0. The Kier molecular flexibility index (Phi) is 4.39. The predicted octanol–water partition coefficient (Wildman–Crippen LogP) is 3.81. The number of nitrogens with zero attached hydrogens (tertiary/aromatic N) is 6. The normalized spacial score (nSPS) is 17.1. The van der Waals surface area contributed by atoms with Crippen LogP contribution in [0.3, 0.4) is 0 Å². The van der Waals surface area contributed by atoms with E-state index < -0.39 is 0 Å². The first kappa shape index (κ1) is 17.7. The molecular formula is C23H24N6. The van der Waals surface area contributed by atoms with E-state index in [0.717, 1.165) is 42.5 Å². The molecule has 29 heavy (non-hydrogen) atoms. The van der Waals surface area contributed by atoms with Crippen molar-refractivity contribution in [3.8, 4) is 11.4 Å². The quantitative estimate of drug-likeness (QED) is 0.538. The molecule has 2 aromatic heterocycles. The SMILES string of the molecule is Cc1cccc(N2CCN(c3ccc4nnc(-c5ccccc5)n4n3)C[C@@H]2C)c1. The Labute approximate surface area is 170 Å². The van der Waals surface area contributed by atoms with Crippen LogP contribution in [-0.2, 0) is 0 Å². The Morgan fingerprint density at radius 1 is 0.897 bits per heavy atom. The van der Waals surface area contributed by atoms with Gasteiger partial charge < -0.3 is 9.80 Å². The van der Waals surface area contributed by atoms with Gasteiger partial charge in [0, 0.05) is 36.9 Å². The van der Waals surface area contributed by atoms with Crippen molar-refractivity contribution < 1.29 is 0 Å². The summed E-state index contributed by atoms with van der Waals surface area (Å²) < 4.78 is 1.85. The Hall–Kier alpha value is -3.41. The summed E-state index contributed by atoms with van der Waals surface area (Å²) in [4.78, 5) is 4.83. The van der Waals surface area contributed by atoms with Gasteiger partial charge in [-0.2, -0.15) is 4.52 Å². The fraction of sp³-hybridized carbons (Fsp3) is 0.261. The maximum absolute atomic E-state index is 4.88. The van der Waals surface area contributed by atoms with Crippen molar-refractivity contribution in [1.82, 2.24) is 19.8 Å². The molecule has 5 rings (SSSR count). The van der Waals surface area contributed by atoms with Crippen LogP contribution in [0.2, 0.25) is 0 Å². The van der Waals surface area contributed by atoms with Crippen LogP contribution in [0.5, 0.6) is 0 Å². The zero-order chi connectivity index (χ0) is 19.8. The highest BCUT2D eigenvalue weighted by molar-refractivity contribution is 5.60. The number of aryl methyl sites for hydroxylation is 1. The fourth-order valence-corrected chi connectivity index (χ4v) is 4.07. The zero-order valence-electron chi connectivity index (χ0n) is 16.7. The Bertz CT molecular complexity index is 1140. The molecule has 146 valence electrons. The van der Waals surface area contributed by atoms with Crippen LogP contribution < -0.4 is 9.80 Å². The molecule has 1 aliphatic heterocycles. The zero-order valence-corrected chi connectivity index (χ0v) is 16.7. The summed E-state index contributed by atoms with van der Waals surface area (Å²) in [5.74, 6) is 1.74. The third-order valence-corrected chi connectivity index (χ3v) is 5.57. The lowest BCUT2D eigenvalue weighted by Crippen LogP contribution is -2.52. The Morgan fingerprint density at radius 3 is 2.55 bits per heavy atom. The fourth-order valence-electron chi connectivity index (χ4n) is 4.07. The molecule has 1 saturated heterocycles. The first-order valence-electron chi connectivity index (χ1n) is 10.1. The molecule has 0 radical (unpaired) electrons. The highest BCUT2D eigenvalue weighted by atomic mass is 15.4. The molecule has 6 nitrogen and oxygen atoms in total. The van der Waals surface area contributed by atoms with Crippen LogP contribution in [0, 0.1) is 6.92 Å². The minimum absolute atomic E-state index is 0.401. The first-order chi connectivity index (χ1) is 14.2. The number of benzene rings is 2. The van der Waals surface area contributed by atoms with Crippen molar-refractivity contribution in [2.24, 2.45) is 0 Å². The second-order valence-corrected chi connectivity index (χ2v) is 7.68. The smallest absolute Gasteiger partial charge is 0.185 e. The molecule has 0 aliphatic carbocycles. The lowest BCUT2D eigenvalue weighted by Gasteiger charge is -2.41. The van der Waals surface area contributed by atoms with E-state index in [-0.39, 0.29) is 0 Å². The van der Waals surface area contributed by atoms with Crippen LogP contribution in [-0.4, -0.2) is 45.5 Å². The molecule has 1 atom stereocenters. The van der Waals surface area contributed by atoms with Gasteiger partial charge in [0.15, 0.2) is 11.5 Å². The largest absolute Gasteiger partial charge is 0.365 e. The molecule has 0 N–H and O–H groups in total. The third-order valence-electron chi connectivity index (χ3n) is 5.57. The van der Waals surface area contributed by atoms with E-state index >= 15 is 0 Å². The molecule has 2 aromatic carbocycles. The minimum atomic E-state index is 0.401. The molecular weight excluding hydrogens is 360 g/mol. The molecule has 6 heteroatoms. The van der Waals surface area contributed by atoms with Gasteiger partial charge in [-0.3, -0.25) is 0 Å². The van der Waals surface area contributed by atoms with Crippen molar-refractivity contribution in [2.75, 3.05) is 29.4 Å². The van der Waals surface area contributed by atoms with Crippen molar-refractivity contribution in [3.63, 3.8) is 0 Å². The number of piperazine rings is 1. The average molecular weight is 384 g/mol. The molecule has 3 heterocycles. The highest BCUT2D eigenvalue weighted by Crippen LogP contribution is 2.25. The van der Waals surface area contributed by atoms with Crippen molar-refractivity contribution in [1.29, 1.82) is 0 Å². The van der Waals surface area contributed by atoms with Gasteiger partial charge in [0.05, 0.1) is 0 Å². The van der Waals surface area contributed by atoms with Crippen LogP contribution in [0.15, 0.2) is 66.7 Å². The monoisotopic (exact) mass is 384 g/mol. The second kappa shape index (κ2) is 7.20. The van der Waals surface area contributed by atoms with Crippen LogP contribution in [0.1, 0.15) is 12.5 Å². The molecule has 0 unspecified atom stereocenters. The van der Waals surface area contributed by atoms with E-state index in [0.29, 0.717) is 6.04 Å². The van der Waals surface area contributed by atoms with Gasteiger partial charge in [0.25, 0.3) is 0 Å². The van der Waals surface area contributed by atoms with Crippen LogP contribution >= 0.6 is 0 Å². The van der Waals surface area contributed by atoms with Gasteiger partial charge in [0.2, 0.25) is 0 Å². The van der Waals surface area contributed by atoms with Gasteiger partial charge >= 0.3 is 0 Å². The van der Waals surface area contributed by atoms with Gasteiger partial charge in [-0.1, -0.05) is 42.5 Å². The molecule has 0 saturated carbocycles. The molecule has 1 fully saturated rings. The topological polar surface area (TPSA) is 49.6 Å². The van der Waals surface area contributed by atoms with E-state index in [9.17, 15) is 0 Å². The molecule has 0 spiro atoms.